The molecule has 16 heavy (non-hydrogen) atoms. The third-order valence-electron chi connectivity index (χ3n) is 1.87. The Bertz CT molecular complexity index is 412. The maximum absolute atomic E-state index is 10.8. The molecule has 0 bridgehead atoms. The van der Waals surface area contributed by atoms with Crippen LogP contribution in [0.5, 0.6) is 0 Å². The minimum absolute atomic E-state index is 0.611. The van der Waals surface area contributed by atoms with Crippen LogP contribution in [-0.2, 0) is 16.0 Å². The SMILES string of the molecule is CC(Cc1ccccc1)=NNC(=O)C(N)=O. The van der Waals surface area contributed by atoms with E-state index in [-0.39, 0.29) is 0 Å². The van der Waals surface area contributed by atoms with Crippen LogP contribution in [0, 0.1) is 0 Å². The molecular formula is C11H13N3O2. The first-order valence-electron chi connectivity index (χ1n) is 4.76. The summed E-state index contributed by atoms with van der Waals surface area (Å²) in [6.07, 6.45) is 0.611. The van der Waals surface area contributed by atoms with E-state index in [1.54, 1.807) is 6.92 Å². The molecule has 1 rings (SSSR count). The molecule has 0 heterocycles. The zero-order valence-electron chi connectivity index (χ0n) is 8.93. The molecule has 0 saturated heterocycles. The van der Waals surface area contributed by atoms with Crippen molar-refractivity contribution in [1.29, 1.82) is 0 Å². The zero-order valence-corrected chi connectivity index (χ0v) is 8.93. The lowest BCUT2D eigenvalue weighted by atomic mass is 10.1. The average Bonchev–Trinajstić information content (AvgIpc) is 2.27. The standard InChI is InChI=1S/C11H13N3O2/c1-8(13-14-11(16)10(12)15)7-9-5-3-2-4-6-9/h2-6H,7H2,1H3,(H2,12,15)(H,14,16). The normalized spacial score (nSPS) is 10.9. The van der Waals surface area contributed by atoms with Crippen LogP contribution >= 0.6 is 0 Å². The highest BCUT2D eigenvalue weighted by Crippen LogP contribution is 2.00. The minimum atomic E-state index is -1.05. The molecule has 0 saturated carbocycles. The van der Waals surface area contributed by atoms with Gasteiger partial charge in [-0.05, 0) is 12.5 Å². The molecule has 5 heteroatoms. The fraction of sp³-hybridized carbons (Fsp3) is 0.182. The van der Waals surface area contributed by atoms with E-state index >= 15 is 0 Å². The second kappa shape index (κ2) is 5.65. The lowest BCUT2D eigenvalue weighted by Crippen LogP contribution is -2.33. The molecule has 5 nitrogen and oxygen atoms in total. The van der Waals surface area contributed by atoms with Gasteiger partial charge in [0.15, 0.2) is 0 Å². The van der Waals surface area contributed by atoms with E-state index in [1.807, 2.05) is 30.3 Å². The average molecular weight is 219 g/mol. The van der Waals surface area contributed by atoms with Crippen molar-refractivity contribution < 1.29 is 9.59 Å². The Morgan fingerprint density at radius 3 is 2.50 bits per heavy atom. The second-order valence-corrected chi connectivity index (χ2v) is 3.31. The predicted octanol–water partition coefficient (Wildman–Crippen LogP) is 0.207. The van der Waals surface area contributed by atoms with Gasteiger partial charge in [0, 0.05) is 12.1 Å². The fourth-order valence-electron chi connectivity index (χ4n) is 1.13. The first kappa shape index (κ1) is 11.9. The summed E-state index contributed by atoms with van der Waals surface area (Å²) in [7, 11) is 0. The molecule has 3 N–H and O–H groups in total. The minimum Gasteiger partial charge on any atom is -0.361 e. The van der Waals surface area contributed by atoms with Crippen LogP contribution in [0.25, 0.3) is 0 Å². The van der Waals surface area contributed by atoms with Gasteiger partial charge in [-0.15, -0.1) is 0 Å². The maximum Gasteiger partial charge on any atom is 0.329 e. The molecule has 0 fully saturated rings. The van der Waals surface area contributed by atoms with Crippen molar-refractivity contribution in [3.63, 3.8) is 0 Å². The molecular weight excluding hydrogens is 206 g/mol. The van der Waals surface area contributed by atoms with Gasteiger partial charge in [-0.2, -0.15) is 5.10 Å². The number of hydrogen-bond donors (Lipinski definition) is 2. The molecule has 2 amide bonds. The van der Waals surface area contributed by atoms with Gasteiger partial charge in [0.1, 0.15) is 0 Å². The monoisotopic (exact) mass is 219 g/mol. The molecule has 0 radical (unpaired) electrons. The molecule has 84 valence electrons. The summed E-state index contributed by atoms with van der Waals surface area (Å²) in [5, 5.41) is 3.76. The Kier molecular flexibility index (Phi) is 4.20. The zero-order chi connectivity index (χ0) is 12.0. The van der Waals surface area contributed by atoms with E-state index in [9.17, 15) is 9.59 Å². The Labute approximate surface area is 93.3 Å². The number of carbonyl (C=O) groups is 2. The van der Waals surface area contributed by atoms with Crippen LogP contribution in [-0.4, -0.2) is 17.5 Å². The molecule has 0 aliphatic heterocycles. The topological polar surface area (TPSA) is 84.6 Å². The first-order valence-corrected chi connectivity index (χ1v) is 4.76. The van der Waals surface area contributed by atoms with Gasteiger partial charge in [-0.25, -0.2) is 5.43 Å². The van der Waals surface area contributed by atoms with Crippen LogP contribution in [0.4, 0.5) is 0 Å². The number of benzene rings is 1. The summed E-state index contributed by atoms with van der Waals surface area (Å²) < 4.78 is 0. The number of nitrogens with two attached hydrogens (primary N) is 1. The van der Waals surface area contributed by atoms with Gasteiger partial charge in [0.25, 0.3) is 0 Å². The summed E-state index contributed by atoms with van der Waals surface area (Å²) in [5.41, 5.74) is 8.61. The number of primary amides is 1. The summed E-state index contributed by atoms with van der Waals surface area (Å²) in [5.74, 6) is -1.95. The molecule has 0 aromatic heterocycles. The first-order chi connectivity index (χ1) is 7.59. The van der Waals surface area contributed by atoms with Crippen LogP contribution in [0.3, 0.4) is 0 Å². The van der Waals surface area contributed by atoms with Gasteiger partial charge in [-0.1, -0.05) is 30.3 Å². The van der Waals surface area contributed by atoms with Gasteiger partial charge < -0.3 is 5.73 Å². The van der Waals surface area contributed by atoms with Gasteiger partial charge >= 0.3 is 11.8 Å². The highest BCUT2D eigenvalue weighted by Gasteiger charge is 2.06. The quantitative estimate of drug-likeness (QED) is 0.432. The summed E-state index contributed by atoms with van der Waals surface area (Å²) >= 11 is 0. The van der Waals surface area contributed by atoms with E-state index in [1.165, 1.54) is 0 Å². The number of amides is 2. The van der Waals surface area contributed by atoms with E-state index in [0.29, 0.717) is 12.1 Å². The van der Waals surface area contributed by atoms with Crippen LogP contribution in [0.15, 0.2) is 35.4 Å². The number of hydrogen-bond acceptors (Lipinski definition) is 3. The van der Waals surface area contributed by atoms with Crippen molar-refractivity contribution in [2.24, 2.45) is 10.8 Å². The summed E-state index contributed by atoms with van der Waals surface area (Å²) in [4.78, 5) is 21.2. The van der Waals surface area contributed by atoms with Gasteiger partial charge in [0.05, 0.1) is 0 Å². The number of rotatable bonds is 3. The molecule has 0 spiro atoms. The Morgan fingerprint density at radius 1 is 1.31 bits per heavy atom. The van der Waals surface area contributed by atoms with Crippen molar-refractivity contribution in [2.75, 3.05) is 0 Å². The molecule has 1 aromatic rings. The van der Waals surface area contributed by atoms with Crippen molar-refractivity contribution in [2.45, 2.75) is 13.3 Å². The van der Waals surface area contributed by atoms with Crippen LogP contribution < -0.4 is 11.2 Å². The lowest BCUT2D eigenvalue weighted by molar-refractivity contribution is -0.137. The number of hydrazone groups is 1. The van der Waals surface area contributed by atoms with Crippen LogP contribution in [0.1, 0.15) is 12.5 Å². The summed E-state index contributed by atoms with van der Waals surface area (Å²) in [6, 6.07) is 9.67. The van der Waals surface area contributed by atoms with E-state index in [0.717, 1.165) is 5.56 Å². The van der Waals surface area contributed by atoms with E-state index in [4.69, 9.17) is 5.73 Å². The molecule has 1 aromatic carbocycles. The van der Waals surface area contributed by atoms with E-state index in [2.05, 4.69) is 10.5 Å². The summed E-state index contributed by atoms with van der Waals surface area (Å²) in [6.45, 7) is 1.76. The number of carbonyl (C=O) groups excluding carboxylic acids is 2. The molecule has 0 aliphatic rings. The van der Waals surface area contributed by atoms with E-state index < -0.39 is 11.8 Å². The van der Waals surface area contributed by atoms with Gasteiger partial charge in [0.2, 0.25) is 0 Å². The highest BCUT2D eigenvalue weighted by molar-refractivity contribution is 6.34. The Hall–Kier alpha value is -2.17. The number of nitrogens with zero attached hydrogens (tertiary/aromatic N) is 1. The van der Waals surface area contributed by atoms with Crippen molar-refractivity contribution in [1.82, 2.24) is 5.43 Å². The Morgan fingerprint density at radius 2 is 1.94 bits per heavy atom. The fourth-order valence-corrected chi connectivity index (χ4v) is 1.13. The smallest absolute Gasteiger partial charge is 0.329 e. The maximum atomic E-state index is 10.8. The third-order valence-corrected chi connectivity index (χ3v) is 1.87. The van der Waals surface area contributed by atoms with Crippen molar-refractivity contribution in [3.05, 3.63) is 35.9 Å². The van der Waals surface area contributed by atoms with Crippen molar-refractivity contribution >= 4 is 17.5 Å². The lowest BCUT2D eigenvalue weighted by Gasteiger charge is -2.01. The number of nitrogens with one attached hydrogen (secondary N) is 1. The third kappa shape index (κ3) is 3.91. The van der Waals surface area contributed by atoms with Gasteiger partial charge in [-0.3, -0.25) is 9.59 Å². The van der Waals surface area contributed by atoms with Crippen LogP contribution in [0.2, 0.25) is 0 Å². The molecule has 0 aliphatic carbocycles. The second-order valence-electron chi connectivity index (χ2n) is 3.31. The van der Waals surface area contributed by atoms with Crippen molar-refractivity contribution in [3.8, 4) is 0 Å². The largest absolute Gasteiger partial charge is 0.361 e. The molecule has 0 atom stereocenters. The molecule has 0 unspecified atom stereocenters. The Balaban J connectivity index is 2.53. The predicted molar refractivity (Wildman–Crippen MR) is 60.6 cm³/mol. The highest BCUT2D eigenvalue weighted by atomic mass is 16.2.